The van der Waals surface area contributed by atoms with Crippen molar-refractivity contribution >= 4 is 5.91 Å². The minimum atomic E-state index is 0.0309. The van der Waals surface area contributed by atoms with Gasteiger partial charge in [0.05, 0.1) is 0 Å². The second kappa shape index (κ2) is 6.40. The van der Waals surface area contributed by atoms with E-state index in [0.29, 0.717) is 13.0 Å². The Morgan fingerprint density at radius 2 is 1.94 bits per heavy atom. The lowest BCUT2D eigenvalue weighted by Crippen LogP contribution is -2.37. The highest BCUT2D eigenvalue weighted by Crippen LogP contribution is 2.06. The Kier molecular flexibility index (Phi) is 5.16. The molecule has 1 aromatic rings. The highest BCUT2D eigenvalue weighted by Gasteiger charge is 2.09. The minimum absolute atomic E-state index is 0.0309. The Hall–Kier alpha value is -1.35. The van der Waals surface area contributed by atoms with Crippen LogP contribution in [0.3, 0.4) is 0 Å². The lowest BCUT2D eigenvalue weighted by Gasteiger charge is -2.19. The van der Waals surface area contributed by atoms with Crippen molar-refractivity contribution in [3.8, 4) is 0 Å². The summed E-state index contributed by atoms with van der Waals surface area (Å²) in [4.78, 5) is 13.5. The van der Waals surface area contributed by atoms with Crippen LogP contribution in [0.2, 0.25) is 0 Å². The Balaban J connectivity index is 2.40. The van der Waals surface area contributed by atoms with Crippen molar-refractivity contribution in [3.63, 3.8) is 0 Å². The largest absolute Gasteiger partial charge is 0.344 e. The summed E-state index contributed by atoms with van der Waals surface area (Å²) in [7, 11) is 1.81. The number of likely N-dealkylation sites (N-methyl/N-ethyl adjacent to an activating group) is 1. The third-order valence-corrected chi connectivity index (χ3v) is 2.74. The van der Waals surface area contributed by atoms with Crippen LogP contribution in [0.4, 0.5) is 0 Å². The zero-order chi connectivity index (χ0) is 12.8. The zero-order valence-electron chi connectivity index (χ0n) is 10.9. The summed E-state index contributed by atoms with van der Waals surface area (Å²) >= 11 is 0. The number of benzene rings is 1. The van der Waals surface area contributed by atoms with E-state index < -0.39 is 0 Å². The smallest absolute Gasteiger partial charge is 0.222 e. The molecule has 0 bridgehead atoms. The van der Waals surface area contributed by atoms with Crippen LogP contribution in [-0.4, -0.2) is 30.4 Å². The van der Waals surface area contributed by atoms with Gasteiger partial charge in [0.25, 0.3) is 0 Å². The number of amides is 1. The van der Waals surface area contributed by atoms with E-state index in [4.69, 9.17) is 5.73 Å². The van der Waals surface area contributed by atoms with E-state index in [2.05, 4.69) is 31.2 Å². The summed E-state index contributed by atoms with van der Waals surface area (Å²) in [6, 6.07) is 8.34. The Morgan fingerprint density at radius 1 is 1.35 bits per heavy atom. The summed E-state index contributed by atoms with van der Waals surface area (Å²) in [6.45, 7) is 4.59. The second-order valence-electron chi connectivity index (χ2n) is 4.74. The highest BCUT2D eigenvalue weighted by molar-refractivity contribution is 5.76. The Morgan fingerprint density at radius 3 is 2.47 bits per heavy atom. The van der Waals surface area contributed by atoms with Crippen molar-refractivity contribution in [3.05, 3.63) is 35.4 Å². The van der Waals surface area contributed by atoms with E-state index in [-0.39, 0.29) is 11.9 Å². The number of nitrogens with two attached hydrogens (primary N) is 1. The number of carbonyl (C=O) groups is 1. The molecule has 0 aliphatic heterocycles. The monoisotopic (exact) mass is 234 g/mol. The molecule has 1 unspecified atom stereocenters. The van der Waals surface area contributed by atoms with Crippen LogP contribution >= 0.6 is 0 Å². The fourth-order valence-electron chi connectivity index (χ4n) is 1.73. The Labute approximate surface area is 104 Å². The maximum atomic E-state index is 11.8. The fraction of sp³-hybridized carbons (Fsp3) is 0.500. The van der Waals surface area contributed by atoms with Crippen LogP contribution in [0.15, 0.2) is 24.3 Å². The summed E-state index contributed by atoms with van der Waals surface area (Å²) < 4.78 is 0. The standard InChI is InChI=1S/C14H22N2O/c1-11-4-6-13(7-5-11)8-9-14(17)16(3)10-12(2)15/h4-7,12H,8-10,15H2,1-3H3. The van der Waals surface area contributed by atoms with Gasteiger partial charge in [-0.3, -0.25) is 4.79 Å². The molecular formula is C14H22N2O. The molecular weight excluding hydrogens is 212 g/mol. The molecule has 1 atom stereocenters. The molecule has 0 saturated carbocycles. The van der Waals surface area contributed by atoms with Gasteiger partial charge in [0.1, 0.15) is 0 Å². The van der Waals surface area contributed by atoms with Crippen molar-refractivity contribution in [1.29, 1.82) is 0 Å². The molecule has 0 aliphatic rings. The first-order valence-electron chi connectivity index (χ1n) is 6.04. The van der Waals surface area contributed by atoms with Crippen molar-refractivity contribution in [2.24, 2.45) is 5.73 Å². The van der Waals surface area contributed by atoms with E-state index >= 15 is 0 Å². The molecule has 0 aromatic heterocycles. The van der Waals surface area contributed by atoms with Gasteiger partial charge in [0.15, 0.2) is 0 Å². The predicted octanol–water partition coefficient (Wildman–Crippen LogP) is 1.73. The SMILES string of the molecule is Cc1ccc(CCC(=O)N(C)CC(C)N)cc1. The van der Waals surface area contributed by atoms with Gasteiger partial charge in [0, 0.05) is 26.1 Å². The van der Waals surface area contributed by atoms with Crippen LogP contribution in [0.1, 0.15) is 24.5 Å². The van der Waals surface area contributed by atoms with Crippen molar-refractivity contribution in [2.45, 2.75) is 32.7 Å². The zero-order valence-corrected chi connectivity index (χ0v) is 10.9. The fourth-order valence-corrected chi connectivity index (χ4v) is 1.73. The normalized spacial score (nSPS) is 12.2. The van der Waals surface area contributed by atoms with Crippen LogP contribution in [0.25, 0.3) is 0 Å². The van der Waals surface area contributed by atoms with Crippen molar-refractivity contribution < 1.29 is 4.79 Å². The molecule has 0 fully saturated rings. The molecule has 3 nitrogen and oxygen atoms in total. The summed E-state index contributed by atoms with van der Waals surface area (Å²) in [6.07, 6.45) is 1.34. The molecule has 1 rings (SSSR count). The quantitative estimate of drug-likeness (QED) is 0.843. The molecule has 3 heteroatoms. The molecule has 0 spiro atoms. The summed E-state index contributed by atoms with van der Waals surface area (Å²) in [5.74, 6) is 0.155. The van der Waals surface area contributed by atoms with E-state index in [1.54, 1.807) is 11.9 Å². The first-order valence-corrected chi connectivity index (χ1v) is 6.04. The first-order chi connectivity index (χ1) is 7.99. The average Bonchev–Trinajstić information content (AvgIpc) is 2.27. The number of rotatable bonds is 5. The summed E-state index contributed by atoms with van der Waals surface area (Å²) in [5, 5.41) is 0. The van der Waals surface area contributed by atoms with Gasteiger partial charge >= 0.3 is 0 Å². The maximum Gasteiger partial charge on any atom is 0.222 e. The van der Waals surface area contributed by atoms with E-state index in [0.717, 1.165) is 6.42 Å². The third-order valence-electron chi connectivity index (χ3n) is 2.74. The third kappa shape index (κ3) is 5.00. The molecule has 17 heavy (non-hydrogen) atoms. The lowest BCUT2D eigenvalue weighted by atomic mass is 10.1. The molecule has 1 aromatic carbocycles. The minimum Gasteiger partial charge on any atom is -0.344 e. The van der Waals surface area contributed by atoms with Gasteiger partial charge in [-0.25, -0.2) is 0 Å². The predicted molar refractivity (Wildman–Crippen MR) is 70.8 cm³/mol. The number of carbonyl (C=O) groups excluding carboxylic acids is 1. The van der Waals surface area contributed by atoms with Gasteiger partial charge in [-0.15, -0.1) is 0 Å². The van der Waals surface area contributed by atoms with Gasteiger partial charge in [-0.1, -0.05) is 29.8 Å². The van der Waals surface area contributed by atoms with Gasteiger partial charge in [-0.2, -0.15) is 0 Å². The van der Waals surface area contributed by atoms with Crippen molar-refractivity contribution in [2.75, 3.05) is 13.6 Å². The van der Waals surface area contributed by atoms with E-state index in [1.807, 2.05) is 6.92 Å². The molecule has 2 N–H and O–H groups in total. The van der Waals surface area contributed by atoms with E-state index in [9.17, 15) is 4.79 Å². The van der Waals surface area contributed by atoms with Gasteiger partial charge in [0.2, 0.25) is 5.91 Å². The van der Waals surface area contributed by atoms with Crippen LogP contribution in [-0.2, 0) is 11.2 Å². The number of aryl methyl sites for hydroxylation is 2. The number of nitrogens with zero attached hydrogens (tertiary/aromatic N) is 1. The van der Waals surface area contributed by atoms with Crippen molar-refractivity contribution in [1.82, 2.24) is 4.90 Å². The number of hydrogen-bond donors (Lipinski definition) is 1. The van der Waals surface area contributed by atoms with Gasteiger partial charge in [-0.05, 0) is 25.8 Å². The molecule has 94 valence electrons. The van der Waals surface area contributed by atoms with Gasteiger partial charge < -0.3 is 10.6 Å². The van der Waals surface area contributed by atoms with Crippen LogP contribution < -0.4 is 5.73 Å². The molecule has 0 aliphatic carbocycles. The van der Waals surface area contributed by atoms with E-state index in [1.165, 1.54) is 11.1 Å². The van der Waals surface area contributed by atoms with Crippen LogP contribution in [0.5, 0.6) is 0 Å². The second-order valence-corrected chi connectivity index (χ2v) is 4.74. The highest BCUT2D eigenvalue weighted by atomic mass is 16.2. The first kappa shape index (κ1) is 13.7. The molecule has 1 amide bonds. The molecule has 0 radical (unpaired) electrons. The average molecular weight is 234 g/mol. The molecule has 0 heterocycles. The lowest BCUT2D eigenvalue weighted by molar-refractivity contribution is -0.130. The maximum absolute atomic E-state index is 11.8. The Bertz CT molecular complexity index is 357. The summed E-state index contributed by atoms with van der Waals surface area (Å²) in [5.41, 5.74) is 8.11. The van der Waals surface area contributed by atoms with Crippen LogP contribution in [0, 0.1) is 6.92 Å². The molecule has 0 saturated heterocycles. The number of hydrogen-bond acceptors (Lipinski definition) is 2. The topological polar surface area (TPSA) is 46.3 Å².